The van der Waals surface area contributed by atoms with E-state index in [4.69, 9.17) is 20.2 Å². The predicted octanol–water partition coefficient (Wildman–Crippen LogP) is 2.94. The molecular formula is C19H21IN6O2S. The van der Waals surface area contributed by atoms with E-state index in [0.29, 0.717) is 24.5 Å². The number of imidazole rings is 1. The molecule has 1 aliphatic carbocycles. The number of hydrogen-bond acceptors (Lipinski definition) is 8. The van der Waals surface area contributed by atoms with Crippen LogP contribution in [0.1, 0.15) is 12.8 Å². The van der Waals surface area contributed by atoms with Crippen LogP contribution in [0.25, 0.3) is 11.2 Å². The van der Waals surface area contributed by atoms with E-state index in [1.807, 2.05) is 12.1 Å². The second-order valence-corrected chi connectivity index (χ2v) is 9.32. The number of halogens is 1. The number of benzene rings is 1. The van der Waals surface area contributed by atoms with Crippen LogP contribution in [0, 0.1) is 9.49 Å². The van der Waals surface area contributed by atoms with Crippen molar-refractivity contribution in [3.05, 3.63) is 22.0 Å². The van der Waals surface area contributed by atoms with Gasteiger partial charge in [0.05, 0.1) is 0 Å². The average Bonchev–Trinajstić information content (AvgIpc) is 3.48. The first-order chi connectivity index (χ1) is 14.2. The van der Waals surface area contributed by atoms with Crippen LogP contribution in [0.3, 0.4) is 0 Å². The van der Waals surface area contributed by atoms with E-state index < -0.39 is 0 Å². The Labute approximate surface area is 186 Å². The summed E-state index contributed by atoms with van der Waals surface area (Å²) in [5.74, 6) is 2.81. The van der Waals surface area contributed by atoms with Crippen LogP contribution >= 0.6 is 34.4 Å². The van der Waals surface area contributed by atoms with Gasteiger partial charge in [0.25, 0.3) is 0 Å². The van der Waals surface area contributed by atoms with Crippen molar-refractivity contribution >= 4 is 51.3 Å². The fraction of sp³-hybridized carbons (Fsp3) is 0.421. The maximum absolute atomic E-state index is 6.07. The Balaban J connectivity index is 1.45. The molecule has 0 amide bonds. The van der Waals surface area contributed by atoms with Crippen molar-refractivity contribution in [2.45, 2.75) is 29.4 Å². The van der Waals surface area contributed by atoms with Gasteiger partial charge in [-0.3, -0.25) is 0 Å². The van der Waals surface area contributed by atoms with Gasteiger partial charge >= 0.3 is 0 Å². The largest absolute Gasteiger partial charge is 0.486 e. The summed E-state index contributed by atoms with van der Waals surface area (Å²) in [5, 5.41) is 4.38. The molecule has 2 aromatic heterocycles. The van der Waals surface area contributed by atoms with Crippen molar-refractivity contribution < 1.29 is 9.47 Å². The maximum atomic E-state index is 6.07. The first-order valence-electron chi connectivity index (χ1n) is 9.63. The van der Waals surface area contributed by atoms with E-state index in [-0.39, 0.29) is 0 Å². The number of hydrogen-bond donors (Lipinski definition) is 2. The van der Waals surface area contributed by atoms with Crippen LogP contribution < -0.4 is 20.5 Å². The number of aromatic nitrogens is 4. The first-order valence-corrected chi connectivity index (χ1v) is 11.5. The summed E-state index contributed by atoms with van der Waals surface area (Å²) < 4.78 is 14.6. The number of anilines is 1. The standard InChI is InChI=1S/C19H21IN6O2S/c20-12-7-13-14(28-6-5-27-13)8-15(12)29-19-25-16-17(21)23-10-24-18(16)26(19)4-3-22-9-11-1-2-11/h7-8,10-11,22H,1-6,9H2,(H2,21,23,24). The molecule has 2 aliphatic rings. The summed E-state index contributed by atoms with van der Waals surface area (Å²) in [4.78, 5) is 14.4. The van der Waals surface area contributed by atoms with Crippen molar-refractivity contribution in [1.82, 2.24) is 24.8 Å². The lowest BCUT2D eigenvalue weighted by molar-refractivity contribution is 0.171. The molecule has 1 fully saturated rings. The molecule has 5 rings (SSSR count). The van der Waals surface area contributed by atoms with E-state index in [1.165, 1.54) is 19.2 Å². The number of nitrogens with two attached hydrogens (primary N) is 1. The minimum absolute atomic E-state index is 0.401. The number of ether oxygens (including phenoxy) is 2. The van der Waals surface area contributed by atoms with E-state index in [1.54, 1.807) is 11.8 Å². The van der Waals surface area contributed by atoms with Gasteiger partial charge in [0, 0.05) is 21.6 Å². The third kappa shape index (κ3) is 4.10. The van der Waals surface area contributed by atoms with Gasteiger partial charge < -0.3 is 25.1 Å². The molecular weight excluding hydrogens is 503 g/mol. The Morgan fingerprint density at radius 2 is 2.00 bits per heavy atom. The zero-order valence-electron chi connectivity index (χ0n) is 15.7. The molecule has 3 heterocycles. The van der Waals surface area contributed by atoms with E-state index in [9.17, 15) is 0 Å². The van der Waals surface area contributed by atoms with Gasteiger partial charge in [-0.2, -0.15) is 0 Å². The number of nitrogen functional groups attached to an aromatic ring is 1. The van der Waals surface area contributed by atoms with Gasteiger partial charge in [0.15, 0.2) is 33.6 Å². The Bertz CT molecular complexity index is 1050. The third-order valence-electron chi connectivity index (χ3n) is 4.97. The fourth-order valence-electron chi connectivity index (χ4n) is 3.25. The molecule has 0 spiro atoms. The number of fused-ring (bicyclic) bond motifs is 2. The van der Waals surface area contributed by atoms with Gasteiger partial charge in [-0.05, 0) is 60.0 Å². The highest BCUT2D eigenvalue weighted by Gasteiger charge is 2.22. The van der Waals surface area contributed by atoms with Crippen LogP contribution in [0.5, 0.6) is 11.5 Å². The van der Waals surface area contributed by atoms with Gasteiger partial charge in [-0.1, -0.05) is 11.8 Å². The highest BCUT2D eigenvalue weighted by atomic mass is 127. The van der Waals surface area contributed by atoms with Crippen molar-refractivity contribution in [3.8, 4) is 11.5 Å². The van der Waals surface area contributed by atoms with Crippen molar-refractivity contribution in [2.24, 2.45) is 5.92 Å². The Kier molecular flexibility index (Phi) is 5.39. The van der Waals surface area contributed by atoms with Crippen molar-refractivity contribution in [3.63, 3.8) is 0 Å². The summed E-state index contributed by atoms with van der Waals surface area (Å²) in [5.41, 5.74) is 7.47. The molecule has 0 unspecified atom stereocenters. The third-order valence-corrected chi connectivity index (χ3v) is 7.28. The topological polar surface area (TPSA) is 100 Å². The van der Waals surface area contributed by atoms with Crippen LogP contribution in [0.2, 0.25) is 0 Å². The smallest absolute Gasteiger partial charge is 0.175 e. The Morgan fingerprint density at radius 1 is 1.21 bits per heavy atom. The van der Waals surface area contributed by atoms with Gasteiger partial charge in [0.2, 0.25) is 0 Å². The lowest BCUT2D eigenvalue weighted by Gasteiger charge is -2.19. The molecule has 1 aliphatic heterocycles. The molecule has 0 bridgehead atoms. The number of rotatable bonds is 7. The average molecular weight is 524 g/mol. The summed E-state index contributed by atoms with van der Waals surface area (Å²) in [7, 11) is 0. The highest BCUT2D eigenvalue weighted by Crippen LogP contribution is 2.40. The summed E-state index contributed by atoms with van der Waals surface area (Å²) in [6.45, 7) is 3.85. The molecule has 1 aromatic carbocycles. The summed E-state index contributed by atoms with van der Waals surface area (Å²) >= 11 is 3.90. The van der Waals surface area contributed by atoms with Gasteiger partial charge in [0.1, 0.15) is 19.5 Å². The SMILES string of the molecule is Nc1ncnc2c1nc(Sc1cc3c(cc1I)OCCO3)n2CCNCC1CC1. The van der Waals surface area contributed by atoms with Crippen LogP contribution in [-0.4, -0.2) is 45.8 Å². The second-order valence-electron chi connectivity index (χ2n) is 7.15. The molecule has 0 atom stereocenters. The van der Waals surface area contributed by atoms with Crippen LogP contribution in [0.4, 0.5) is 5.82 Å². The lowest BCUT2D eigenvalue weighted by Crippen LogP contribution is -2.22. The fourth-order valence-corrected chi connectivity index (χ4v) is 4.97. The van der Waals surface area contributed by atoms with Crippen LogP contribution in [-0.2, 0) is 6.54 Å². The molecule has 10 heteroatoms. The minimum atomic E-state index is 0.401. The van der Waals surface area contributed by atoms with Gasteiger partial charge in [-0.25, -0.2) is 15.0 Å². The Hall–Kier alpha value is -1.79. The quantitative estimate of drug-likeness (QED) is 0.360. The van der Waals surface area contributed by atoms with Crippen LogP contribution in [0.15, 0.2) is 28.5 Å². The molecule has 152 valence electrons. The maximum Gasteiger partial charge on any atom is 0.175 e. The van der Waals surface area contributed by atoms with Gasteiger partial charge in [-0.15, -0.1) is 0 Å². The number of nitrogens with zero attached hydrogens (tertiary/aromatic N) is 4. The second kappa shape index (κ2) is 8.15. The van der Waals surface area contributed by atoms with Crippen molar-refractivity contribution in [2.75, 3.05) is 32.0 Å². The zero-order chi connectivity index (χ0) is 19.8. The summed E-state index contributed by atoms with van der Waals surface area (Å²) in [6.07, 6.45) is 4.18. The molecule has 8 nitrogen and oxygen atoms in total. The highest BCUT2D eigenvalue weighted by molar-refractivity contribution is 14.1. The molecule has 3 N–H and O–H groups in total. The lowest BCUT2D eigenvalue weighted by atomic mass is 10.3. The summed E-state index contributed by atoms with van der Waals surface area (Å²) in [6, 6.07) is 4.03. The number of nitrogens with one attached hydrogen (secondary N) is 1. The molecule has 29 heavy (non-hydrogen) atoms. The monoisotopic (exact) mass is 524 g/mol. The van der Waals surface area contributed by atoms with E-state index >= 15 is 0 Å². The predicted molar refractivity (Wildman–Crippen MR) is 120 cm³/mol. The molecule has 0 radical (unpaired) electrons. The first kappa shape index (κ1) is 19.2. The normalized spacial score (nSPS) is 15.8. The Morgan fingerprint density at radius 3 is 2.79 bits per heavy atom. The van der Waals surface area contributed by atoms with E-state index in [2.05, 4.69) is 42.4 Å². The molecule has 1 saturated carbocycles. The van der Waals surface area contributed by atoms with Crippen molar-refractivity contribution in [1.29, 1.82) is 0 Å². The molecule has 3 aromatic rings. The van der Waals surface area contributed by atoms with E-state index in [0.717, 1.165) is 56.3 Å². The molecule has 0 saturated heterocycles. The minimum Gasteiger partial charge on any atom is -0.486 e. The zero-order valence-corrected chi connectivity index (χ0v) is 18.7.